The maximum Gasteiger partial charge on any atom is 0.407 e. The molecule has 0 aliphatic rings. The van der Waals surface area contributed by atoms with Gasteiger partial charge >= 0.3 is 12.1 Å². The molecule has 1 atom stereocenters. The Hall–Kier alpha value is -2.05. The Balaban J connectivity index is 3.94. The molecule has 0 aromatic carbocycles. The highest BCUT2D eigenvalue weighted by Crippen LogP contribution is 2.28. The molecule has 0 rings (SSSR count). The average molecular weight is 370 g/mol. The van der Waals surface area contributed by atoms with Crippen molar-refractivity contribution in [3.63, 3.8) is 0 Å². The standard InChI is InChI=1S/C19H34N2O5/c1-7-16(22)25-10-11-26-18(24)20-9-8-19(5,6)12-15(4)13-21-17(23)14(2)3/h7,14-15H,1,8-13H2,2-6H3,(H,20,24)(H,21,23). The molecule has 0 aliphatic carbocycles. The quantitative estimate of drug-likeness (QED) is 0.313. The van der Waals surface area contributed by atoms with Crippen molar-refractivity contribution in [3.8, 4) is 0 Å². The van der Waals surface area contributed by atoms with Gasteiger partial charge in [0.15, 0.2) is 0 Å². The molecule has 26 heavy (non-hydrogen) atoms. The predicted molar refractivity (Wildman–Crippen MR) is 101 cm³/mol. The van der Waals surface area contributed by atoms with E-state index >= 15 is 0 Å². The minimum atomic E-state index is -0.547. The van der Waals surface area contributed by atoms with Crippen LogP contribution in [0.1, 0.15) is 47.5 Å². The van der Waals surface area contributed by atoms with Crippen LogP contribution in [0.3, 0.4) is 0 Å². The van der Waals surface area contributed by atoms with Crippen molar-refractivity contribution in [3.05, 3.63) is 12.7 Å². The topological polar surface area (TPSA) is 93.7 Å². The molecule has 7 nitrogen and oxygen atoms in total. The fraction of sp³-hybridized carbons (Fsp3) is 0.737. The molecule has 1 unspecified atom stereocenters. The highest BCUT2D eigenvalue weighted by molar-refractivity contribution is 5.81. The van der Waals surface area contributed by atoms with Crippen LogP contribution in [0.4, 0.5) is 4.79 Å². The number of alkyl carbamates (subject to hydrolysis) is 1. The van der Waals surface area contributed by atoms with Crippen molar-refractivity contribution in [2.75, 3.05) is 26.3 Å². The molecule has 0 aliphatic heterocycles. The van der Waals surface area contributed by atoms with E-state index in [9.17, 15) is 14.4 Å². The van der Waals surface area contributed by atoms with Crippen molar-refractivity contribution in [2.45, 2.75) is 47.5 Å². The van der Waals surface area contributed by atoms with Crippen LogP contribution in [0.2, 0.25) is 0 Å². The number of hydrogen-bond acceptors (Lipinski definition) is 5. The van der Waals surface area contributed by atoms with Gasteiger partial charge in [0.1, 0.15) is 13.2 Å². The number of nitrogens with one attached hydrogen (secondary N) is 2. The lowest BCUT2D eigenvalue weighted by molar-refractivity contribution is -0.138. The van der Waals surface area contributed by atoms with Gasteiger partial charge in [-0.3, -0.25) is 4.79 Å². The molecule has 0 bridgehead atoms. The third-order valence-corrected chi connectivity index (χ3v) is 3.85. The normalized spacial score (nSPS) is 12.2. The number of carbonyl (C=O) groups is 3. The van der Waals surface area contributed by atoms with Gasteiger partial charge in [0, 0.05) is 25.1 Å². The van der Waals surface area contributed by atoms with Gasteiger partial charge in [-0.05, 0) is 24.2 Å². The monoisotopic (exact) mass is 370 g/mol. The van der Waals surface area contributed by atoms with Crippen molar-refractivity contribution < 1.29 is 23.9 Å². The van der Waals surface area contributed by atoms with E-state index in [-0.39, 0.29) is 30.5 Å². The van der Waals surface area contributed by atoms with Crippen LogP contribution in [0.25, 0.3) is 0 Å². The second-order valence-electron chi connectivity index (χ2n) is 7.56. The van der Waals surface area contributed by atoms with E-state index in [2.05, 4.69) is 38.0 Å². The summed E-state index contributed by atoms with van der Waals surface area (Å²) in [5.41, 5.74) is 0.0226. The number of esters is 1. The maximum atomic E-state index is 11.6. The van der Waals surface area contributed by atoms with E-state index in [1.165, 1.54) is 0 Å². The molecule has 0 saturated heterocycles. The summed E-state index contributed by atoms with van der Waals surface area (Å²) in [6, 6.07) is 0. The van der Waals surface area contributed by atoms with Crippen molar-refractivity contribution >= 4 is 18.0 Å². The number of hydrogen-bond donors (Lipinski definition) is 2. The zero-order chi connectivity index (χ0) is 20.2. The van der Waals surface area contributed by atoms with Crippen LogP contribution < -0.4 is 10.6 Å². The number of carbonyl (C=O) groups excluding carboxylic acids is 3. The van der Waals surface area contributed by atoms with Crippen LogP contribution in [-0.2, 0) is 19.1 Å². The predicted octanol–water partition coefficient (Wildman–Crippen LogP) is 2.66. The lowest BCUT2D eigenvalue weighted by atomic mass is 9.80. The molecule has 0 heterocycles. The first-order valence-electron chi connectivity index (χ1n) is 9.05. The van der Waals surface area contributed by atoms with Gasteiger partial charge in [-0.25, -0.2) is 9.59 Å². The first kappa shape index (κ1) is 23.9. The van der Waals surface area contributed by atoms with Crippen LogP contribution >= 0.6 is 0 Å². The van der Waals surface area contributed by atoms with Crippen molar-refractivity contribution in [2.24, 2.45) is 17.3 Å². The molecule has 7 heteroatoms. The van der Waals surface area contributed by atoms with Crippen LogP contribution in [0, 0.1) is 17.3 Å². The summed E-state index contributed by atoms with van der Waals surface area (Å²) in [6.45, 7) is 14.5. The Morgan fingerprint density at radius 2 is 1.69 bits per heavy atom. The molecule has 2 N–H and O–H groups in total. The summed E-state index contributed by atoms with van der Waals surface area (Å²) in [7, 11) is 0. The van der Waals surface area contributed by atoms with E-state index < -0.39 is 12.1 Å². The minimum absolute atomic E-state index is 0.00138. The Bertz CT molecular complexity index is 475. The molecular weight excluding hydrogens is 336 g/mol. The van der Waals surface area contributed by atoms with Crippen molar-refractivity contribution in [1.29, 1.82) is 0 Å². The summed E-state index contributed by atoms with van der Waals surface area (Å²) in [6.07, 6.45) is 2.24. The zero-order valence-electron chi connectivity index (χ0n) is 16.7. The lowest BCUT2D eigenvalue weighted by Gasteiger charge is -2.28. The van der Waals surface area contributed by atoms with E-state index in [0.29, 0.717) is 19.0 Å². The minimum Gasteiger partial charge on any atom is -0.459 e. The van der Waals surface area contributed by atoms with Gasteiger partial charge in [0.2, 0.25) is 5.91 Å². The van der Waals surface area contributed by atoms with Gasteiger partial charge < -0.3 is 20.1 Å². The van der Waals surface area contributed by atoms with E-state index in [1.54, 1.807) is 0 Å². The Morgan fingerprint density at radius 3 is 2.27 bits per heavy atom. The number of amides is 2. The number of rotatable bonds is 12. The molecule has 150 valence electrons. The van der Waals surface area contributed by atoms with Crippen molar-refractivity contribution in [1.82, 2.24) is 10.6 Å². The summed E-state index contributed by atoms with van der Waals surface area (Å²) in [5.74, 6) is -0.141. The van der Waals surface area contributed by atoms with Gasteiger partial charge in [-0.1, -0.05) is 41.2 Å². The molecular formula is C19H34N2O5. The fourth-order valence-electron chi connectivity index (χ4n) is 2.49. The van der Waals surface area contributed by atoms with Gasteiger partial charge in [-0.15, -0.1) is 0 Å². The molecule has 0 spiro atoms. The van der Waals surface area contributed by atoms with Gasteiger partial charge in [0.25, 0.3) is 0 Å². The molecule has 0 saturated carbocycles. The fourth-order valence-corrected chi connectivity index (χ4v) is 2.49. The maximum absolute atomic E-state index is 11.6. The van der Waals surface area contributed by atoms with Gasteiger partial charge in [0.05, 0.1) is 0 Å². The van der Waals surface area contributed by atoms with Crippen LogP contribution in [0.5, 0.6) is 0 Å². The smallest absolute Gasteiger partial charge is 0.407 e. The largest absolute Gasteiger partial charge is 0.459 e. The summed E-state index contributed by atoms with van der Waals surface area (Å²) in [5, 5.41) is 5.64. The van der Waals surface area contributed by atoms with Crippen LogP contribution in [0.15, 0.2) is 12.7 Å². The zero-order valence-corrected chi connectivity index (χ0v) is 16.7. The average Bonchev–Trinajstić information content (AvgIpc) is 2.55. The Kier molecular flexibility index (Phi) is 11.4. The Labute approximate surface area is 156 Å². The van der Waals surface area contributed by atoms with Crippen LogP contribution in [-0.4, -0.2) is 44.3 Å². The summed E-state index contributed by atoms with van der Waals surface area (Å²) >= 11 is 0. The second kappa shape index (κ2) is 12.3. The van der Waals surface area contributed by atoms with E-state index in [0.717, 1.165) is 18.9 Å². The van der Waals surface area contributed by atoms with E-state index in [1.807, 2.05) is 13.8 Å². The molecule has 0 aromatic rings. The molecule has 0 radical (unpaired) electrons. The highest BCUT2D eigenvalue weighted by atomic mass is 16.6. The SMILES string of the molecule is C=CC(=O)OCCOC(=O)NCCC(C)(C)CC(C)CNC(=O)C(C)C. The number of ether oxygens (including phenoxy) is 2. The molecule has 0 aromatic heterocycles. The highest BCUT2D eigenvalue weighted by Gasteiger charge is 2.22. The lowest BCUT2D eigenvalue weighted by Crippen LogP contribution is -2.34. The third kappa shape index (κ3) is 12.3. The summed E-state index contributed by atoms with van der Waals surface area (Å²) < 4.78 is 9.62. The van der Waals surface area contributed by atoms with E-state index in [4.69, 9.17) is 9.47 Å². The molecule has 2 amide bonds. The third-order valence-electron chi connectivity index (χ3n) is 3.85. The second-order valence-corrected chi connectivity index (χ2v) is 7.56. The Morgan fingerprint density at radius 1 is 1.08 bits per heavy atom. The first-order chi connectivity index (χ1) is 12.1. The first-order valence-corrected chi connectivity index (χ1v) is 9.05. The van der Waals surface area contributed by atoms with Gasteiger partial charge in [-0.2, -0.15) is 0 Å². The summed E-state index contributed by atoms with van der Waals surface area (Å²) in [4.78, 5) is 34.0. The molecule has 0 fully saturated rings.